The van der Waals surface area contributed by atoms with Gasteiger partial charge in [0.1, 0.15) is 11.3 Å². The van der Waals surface area contributed by atoms with Crippen LogP contribution in [0.5, 0.6) is 0 Å². The van der Waals surface area contributed by atoms with E-state index in [4.69, 9.17) is 5.11 Å². The average Bonchev–Trinajstić information content (AvgIpc) is 2.55. The third kappa shape index (κ3) is 3.32. The highest BCUT2D eigenvalue weighted by Crippen LogP contribution is 2.29. The Morgan fingerprint density at radius 1 is 1.12 bits per heavy atom. The van der Waals surface area contributed by atoms with Gasteiger partial charge in [0.05, 0.1) is 0 Å². The van der Waals surface area contributed by atoms with Crippen molar-refractivity contribution in [2.24, 2.45) is 0 Å². The number of aromatic nitrogens is 1. The molecular formula is C18H14F2N2O2. The summed E-state index contributed by atoms with van der Waals surface area (Å²) in [7, 11) is 0. The summed E-state index contributed by atoms with van der Waals surface area (Å²) in [6, 6.07) is 11.2. The number of benzene rings is 2. The van der Waals surface area contributed by atoms with Gasteiger partial charge in [-0.05, 0) is 35.2 Å². The van der Waals surface area contributed by atoms with Gasteiger partial charge in [-0.2, -0.15) is 0 Å². The lowest BCUT2D eigenvalue weighted by molar-refractivity contribution is 0.194. The smallest absolute Gasteiger partial charge is 0.404 e. The summed E-state index contributed by atoms with van der Waals surface area (Å²) in [5, 5.41) is 11.3. The van der Waals surface area contributed by atoms with Gasteiger partial charge >= 0.3 is 6.09 Å². The molecular weight excluding hydrogens is 314 g/mol. The standard InChI is InChI=1S/C18H14F2N2O2/c19-13-9-15-14(6-8-21-17(15)16(20)10-13)12-3-1-11(2-4-12)5-7-22-18(23)24/h1-4,6,8-10,22H,5,7H2,(H,23,24). The molecule has 6 heteroatoms. The van der Waals surface area contributed by atoms with Gasteiger partial charge in [-0.15, -0.1) is 0 Å². The third-order valence-electron chi connectivity index (χ3n) is 3.72. The molecule has 2 N–H and O–H groups in total. The van der Waals surface area contributed by atoms with Crippen molar-refractivity contribution in [1.29, 1.82) is 0 Å². The molecule has 1 amide bonds. The van der Waals surface area contributed by atoms with Crippen molar-refractivity contribution in [2.45, 2.75) is 6.42 Å². The number of nitrogens with one attached hydrogen (secondary N) is 1. The second kappa shape index (κ2) is 6.62. The van der Waals surface area contributed by atoms with E-state index in [1.165, 1.54) is 12.3 Å². The highest BCUT2D eigenvalue weighted by Gasteiger charge is 2.10. The number of nitrogens with zero attached hydrogens (tertiary/aromatic N) is 1. The van der Waals surface area contributed by atoms with E-state index in [9.17, 15) is 13.6 Å². The number of carboxylic acid groups (broad SMARTS) is 1. The molecule has 0 bridgehead atoms. The zero-order valence-corrected chi connectivity index (χ0v) is 12.6. The molecule has 0 spiro atoms. The molecule has 2 aromatic carbocycles. The molecule has 0 atom stereocenters. The summed E-state index contributed by atoms with van der Waals surface area (Å²) in [4.78, 5) is 14.4. The minimum Gasteiger partial charge on any atom is -0.465 e. The number of rotatable bonds is 4. The molecule has 0 radical (unpaired) electrons. The molecule has 0 saturated carbocycles. The molecule has 122 valence electrons. The highest BCUT2D eigenvalue weighted by molar-refractivity contribution is 5.94. The largest absolute Gasteiger partial charge is 0.465 e. The van der Waals surface area contributed by atoms with Crippen LogP contribution in [-0.4, -0.2) is 22.7 Å². The molecule has 4 nitrogen and oxygen atoms in total. The van der Waals surface area contributed by atoms with Crippen LogP contribution < -0.4 is 5.32 Å². The molecule has 3 rings (SSSR count). The third-order valence-corrected chi connectivity index (χ3v) is 3.72. The fraction of sp³-hybridized carbons (Fsp3) is 0.111. The fourth-order valence-corrected chi connectivity index (χ4v) is 2.60. The van der Waals surface area contributed by atoms with E-state index in [1.807, 2.05) is 24.3 Å². The first-order valence-corrected chi connectivity index (χ1v) is 7.34. The second-order valence-electron chi connectivity index (χ2n) is 5.32. The lowest BCUT2D eigenvalue weighted by Crippen LogP contribution is -2.23. The number of hydrogen-bond acceptors (Lipinski definition) is 2. The van der Waals surface area contributed by atoms with E-state index < -0.39 is 17.7 Å². The van der Waals surface area contributed by atoms with Crippen LogP contribution in [-0.2, 0) is 6.42 Å². The SMILES string of the molecule is O=C(O)NCCc1ccc(-c2ccnc3c(F)cc(F)cc23)cc1. The van der Waals surface area contributed by atoms with Crippen molar-refractivity contribution in [3.63, 3.8) is 0 Å². The van der Waals surface area contributed by atoms with Crippen LogP contribution in [0.4, 0.5) is 13.6 Å². The number of halogens is 2. The fourth-order valence-electron chi connectivity index (χ4n) is 2.60. The first-order valence-electron chi connectivity index (χ1n) is 7.34. The Morgan fingerprint density at radius 3 is 2.58 bits per heavy atom. The Kier molecular flexibility index (Phi) is 4.37. The van der Waals surface area contributed by atoms with Crippen molar-refractivity contribution in [3.8, 4) is 11.1 Å². The molecule has 1 heterocycles. The summed E-state index contributed by atoms with van der Waals surface area (Å²) >= 11 is 0. The van der Waals surface area contributed by atoms with Gasteiger partial charge in [-0.3, -0.25) is 4.98 Å². The van der Waals surface area contributed by atoms with Gasteiger partial charge in [0.2, 0.25) is 0 Å². The number of fused-ring (bicyclic) bond motifs is 1. The predicted octanol–water partition coefficient (Wildman–Crippen LogP) is 3.99. The minimum absolute atomic E-state index is 0.128. The maximum Gasteiger partial charge on any atom is 0.404 e. The highest BCUT2D eigenvalue weighted by atomic mass is 19.1. The Labute approximate surface area is 136 Å². The first kappa shape index (κ1) is 15.9. The molecule has 0 unspecified atom stereocenters. The van der Waals surface area contributed by atoms with E-state index in [0.29, 0.717) is 23.9 Å². The van der Waals surface area contributed by atoms with Crippen LogP contribution in [0.15, 0.2) is 48.7 Å². The number of hydrogen-bond donors (Lipinski definition) is 2. The van der Waals surface area contributed by atoms with Crippen molar-refractivity contribution in [3.05, 3.63) is 65.9 Å². The quantitative estimate of drug-likeness (QED) is 0.761. The monoisotopic (exact) mass is 328 g/mol. The van der Waals surface area contributed by atoms with E-state index in [2.05, 4.69) is 10.3 Å². The number of amides is 1. The van der Waals surface area contributed by atoms with E-state index >= 15 is 0 Å². The Balaban J connectivity index is 1.92. The number of pyridine rings is 1. The van der Waals surface area contributed by atoms with Crippen molar-refractivity contribution in [1.82, 2.24) is 10.3 Å². The van der Waals surface area contributed by atoms with E-state index in [1.54, 1.807) is 6.07 Å². The Morgan fingerprint density at radius 2 is 1.88 bits per heavy atom. The molecule has 24 heavy (non-hydrogen) atoms. The first-order chi connectivity index (χ1) is 11.5. The van der Waals surface area contributed by atoms with Crippen molar-refractivity contribution < 1.29 is 18.7 Å². The molecule has 0 fully saturated rings. The van der Waals surface area contributed by atoms with Gasteiger partial charge < -0.3 is 10.4 Å². The predicted molar refractivity (Wildman–Crippen MR) is 86.8 cm³/mol. The summed E-state index contributed by atoms with van der Waals surface area (Å²) < 4.78 is 27.4. The summed E-state index contributed by atoms with van der Waals surface area (Å²) in [6.07, 6.45) is 0.995. The topological polar surface area (TPSA) is 62.2 Å². The summed E-state index contributed by atoms with van der Waals surface area (Å²) in [5.74, 6) is -1.34. The van der Waals surface area contributed by atoms with Crippen LogP contribution in [0, 0.1) is 11.6 Å². The van der Waals surface area contributed by atoms with Crippen molar-refractivity contribution >= 4 is 17.0 Å². The van der Waals surface area contributed by atoms with Gasteiger partial charge in [-0.1, -0.05) is 24.3 Å². The normalized spacial score (nSPS) is 10.8. The lowest BCUT2D eigenvalue weighted by atomic mass is 9.99. The summed E-state index contributed by atoms with van der Waals surface area (Å²) in [5.41, 5.74) is 2.59. The molecule has 0 aliphatic rings. The van der Waals surface area contributed by atoms with Crippen LogP contribution in [0.1, 0.15) is 5.56 Å². The molecule has 0 aliphatic carbocycles. The zero-order valence-electron chi connectivity index (χ0n) is 12.6. The zero-order chi connectivity index (χ0) is 17.1. The van der Waals surface area contributed by atoms with Gasteiger partial charge in [0.15, 0.2) is 5.82 Å². The Bertz CT molecular complexity index is 895. The summed E-state index contributed by atoms with van der Waals surface area (Å²) in [6.45, 7) is 0.323. The molecule has 1 aromatic heterocycles. The minimum atomic E-state index is -1.06. The molecule has 0 aliphatic heterocycles. The maximum atomic E-state index is 13.9. The van der Waals surface area contributed by atoms with Crippen LogP contribution in [0.2, 0.25) is 0 Å². The van der Waals surface area contributed by atoms with Gasteiger partial charge in [-0.25, -0.2) is 13.6 Å². The average molecular weight is 328 g/mol. The van der Waals surface area contributed by atoms with Gasteiger partial charge in [0.25, 0.3) is 0 Å². The number of carbonyl (C=O) groups is 1. The molecule has 0 saturated heterocycles. The van der Waals surface area contributed by atoms with Crippen LogP contribution >= 0.6 is 0 Å². The van der Waals surface area contributed by atoms with E-state index in [-0.39, 0.29) is 5.52 Å². The van der Waals surface area contributed by atoms with Gasteiger partial charge in [0, 0.05) is 24.2 Å². The maximum absolute atomic E-state index is 13.9. The van der Waals surface area contributed by atoms with E-state index in [0.717, 1.165) is 17.2 Å². The lowest BCUT2D eigenvalue weighted by Gasteiger charge is -2.08. The Hall–Kier alpha value is -3.02. The van der Waals surface area contributed by atoms with Crippen molar-refractivity contribution in [2.75, 3.05) is 6.54 Å². The molecule has 3 aromatic rings. The second-order valence-corrected chi connectivity index (χ2v) is 5.32. The van der Waals surface area contributed by atoms with Crippen LogP contribution in [0.25, 0.3) is 22.0 Å². The van der Waals surface area contributed by atoms with Crippen LogP contribution in [0.3, 0.4) is 0 Å².